The first-order valence-electron chi connectivity index (χ1n) is 12.9. The average Bonchev–Trinajstić information content (AvgIpc) is 3.08. The molecule has 0 aliphatic heterocycles. The second kappa shape index (κ2) is 19.9. The molecule has 1 aromatic heterocycles. The fraction of sp³-hybridized carbons (Fsp3) is 0.125. The number of ether oxygens (including phenoxy) is 1. The summed E-state index contributed by atoms with van der Waals surface area (Å²) in [6.07, 6.45) is 0. The highest BCUT2D eigenvalue weighted by molar-refractivity contribution is 7.99. The van der Waals surface area contributed by atoms with Gasteiger partial charge in [-0.3, -0.25) is 14.1 Å². The van der Waals surface area contributed by atoms with Crippen molar-refractivity contribution in [1.29, 1.82) is 0 Å². The molecule has 4 rings (SSSR count). The Morgan fingerprint density at radius 3 is 2.40 bits per heavy atom. The second-order valence-electron chi connectivity index (χ2n) is 8.81. The normalized spacial score (nSPS) is 11.4. The van der Waals surface area contributed by atoms with Gasteiger partial charge in [0.1, 0.15) is 27.8 Å². The minimum absolute atomic E-state index is 0. The summed E-state index contributed by atoms with van der Waals surface area (Å²) < 4.78 is 54.7. The molecule has 280 valence electrons. The Bertz CT molecular complexity index is 2070. The van der Waals surface area contributed by atoms with Crippen LogP contribution in [0.1, 0.15) is 0 Å². The van der Waals surface area contributed by atoms with Gasteiger partial charge in [-0.15, -0.1) is 18.9 Å². The lowest BCUT2D eigenvalue weighted by molar-refractivity contribution is -0.432. The predicted octanol–water partition coefficient (Wildman–Crippen LogP) is 5.20. The van der Waals surface area contributed by atoms with Crippen LogP contribution in [0.25, 0.3) is 10.8 Å². The molecule has 0 saturated heterocycles. The number of aromatic hydroxyl groups is 1. The molecule has 22 nitrogen and oxygen atoms in total. The first-order valence-corrected chi connectivity index (χ1v) is 18.1. The van der Waals surface area contributed by atoms with E-state index in [-0.39, 0.29) is 78.1 Å². The molecule has 3 aromatic carbocycles. The van der Waals surface area contributed by atoms with Gasteiger partial charge in [0.15, 0.2) is 10.9 Å². The Labute approximate surface area is 312 Å². The lowest BCUT2D eigenvalue weighted by Gasteiger charge is -2.15. The Morgan fingerprint density at radius 1 is 0.981 bits per heavy atom. The van der Waals surface area contributed by atoms with Crippen molar-refractivity contribution in [2.75, 3.05) is 23.9 Å². The van der Waals surface area contributed by atoms with Gasteiger partial charge in [0.25, 0.3) is 10.1 Å². The Balaban J connectivity index is 0.00000729. The molecule has 0 aliphatic rings. The third kappa shape index (κ3) is 11.6. The lowest BCUT2D eigenvalue weighted by Crippen LogP contribution is -2.08. The summed E-state index contributed by atoms with van der Waals surface area (Å²) in [5.74, 6) is -3.42. The summed E-state index contributed by atoms with van der Waals surface area (Å²) in [6.45, 7) is 0. The standard InChI is InChI=1S/C24H19ClN6O15S5.H2O/c1-41-15-6-10(49-42-18(34)9-48-45-43-36)2-4-13(15)30-31-19-16(50-46-44-37)7-12-11(20(19)35)3-5-14(21(12)51(38,39)40)26-23-27-22(25)28-24(29-23)47-8-17(32)33;/h2-7,35-37H,8-9H2,1H3,(H,32,33)(H,38,39,40)(H,26,27,28,29);1H2. The molecule has 8 N–H and O–H groups in total. The number of halogens is 1. The third-order valence-corrected chi connectivity index (χ3v) is 9.45. The summed E-state index contributed by atoms with van der Waals surface area (Å²) in [7, 11) is -3.77. The van der Waals surface area contributed by atoms with Crippen LogP contribution in [0, 0.1) is 0 Å². The van der Waals surface area contributed by atoms with E-state index in [1.807, 2.05) is 0 Å². The van der Waals surface area contributed by atoms with Gasteiger partial charge >= 0.3 is 11.9 Å². The number of carboxylic acids is 1. The van der Waals surface area contributed by atoms with Gasteiger partial charge < -0.3 is 29.9 Å². The molecule has 0 fully saturated rings. The molecule has 0 saturated carbocycles. The molecular weight excluding hydrogens is 824 g/mol. The number of phenols is 1. The summed E-state index contributed by atoms with van der Waals surface area (Å²) in [5, 5.41) is 54.0. The van der Waals surface area contributed by atoms with E-state index in [1.54, 1.807) is 0 Å². The van der Waals surface area contributed by atoms with Crippen LogP contribution in [0.15, 0.2) is 66.5 Å². The molecule has 4 aromatic rings. The van der Waals surface area contributed by atoms with Crippen molar-refractivity contribution in [2.24, 2.45) is 10.2 Å². The maximum atomic E-state index is 12.7. The van der Waals surface area contributed by atoms with E-state index >= 15 is 0 Å². The van der Waals surface area contributed by atoms with Crippen LogP contribution in [-0.2, 0) is 42.6 Å². The van der Waals surface area contributed by atoms with Crippen LogP contribution in [0.4, 0.5) is 23.0 Å². The molecule has 28 heteroatoms. The van der Waals surface area contributed by atoms with Crippen molar-refractivity contribution >= 4 is 115 Å². The molecule has 0 spiro atoms. The molecule has 0 radical (unpaired) electrons. The van der Waals surface area contributed by atoms with Gasteiger partial charge in [0.05, 0.1) is 52.4 Å². The van der Waals surface area contributed by atoms with E-state index in [0.717, 1.165) is 12.1 Å². The fourth-order valence-electron chi connectivity index (χ4n) is 3.79. The van der Waals surface area contributed by atoms with E-state index in [2.05, 4.69) is 49.2 Å². The van der Waals surface area contributed by atoms with Crippen LogP contribution in [-0.4, -0.2) is 84.7 Å². The zero-order valence-corrected chi connectivity index (χ0v) is 30.2. The number of carboxylic acid groups (broad SMARTS) is 1. The van der Waals surface area contributed by atoms with Crippen LogP contribution < -0.4 is 10.1 Å². The minimum atomic E-state index is -5.09. The third-order valence-electron chi connectivity index (χ3n) is 5.65. The zero-order chi connectivity index (χ0) is 37.1. The number of carbonyl (C=O) groups is 2. The maximum absolute atomic E-state index is 12.7. The maximum Gasteiger partial charge on any atom is 0.330 e. The van der Waals surface area contributed by atoms with Crippen LogP contribution >= 0.6 is 59.5 Å². The summed E-state index contributed by atoms with van der Waals surface area (Å²) in [5.41, 5.74) is -0.496. The van der Waals surface area contributed by atoms with Gasteiger partial charge in [-0.1, -0.05) is 21.8 Å². The number of phenolic OH excluding ortho intramolecular Hbond substituents is 1. The Kier molecular flexibility index (Phi) is 16.3. The summed E-state index contributed by atoms with van der Waals surface area (Å²) in [6, 6.07) is 7.92. The van der Waals surface area contributed by atoms with Crippen molar-refractivity contribution in [3.8, 4) is 11.5 Å². The number of aromatic nitrogens is 3. The number of methoxy groups -OCH3 is 1. The van der Waals surface area contributed by atoms with Crippen molar-refractivity contribution in [2.45, 2.75) is 19.8 Å². The topological polar surface area (TPSA) is 332 Å². The van der Waals surface area contributed by atoms with E-state index < -0.39 is 38.5 Å². The summed E-state index contributed by atoms with van der Waals surface area (Å²) >= 11 is 8.09. The quantitative estimate of drug-likeness (QED) is 0.0142. The predicted molar refractivity (Wildman–Crippen MR) is 183 cm³/mol. The number of aliphatic carboxylic acids is 1. The van der Waals surface area contributed by atoms with E-state index in [9.17, 15) is 27.7 Å². The molecule has 0 unspecified atom stereocenters. The fourth-order valence-corrected chi connectivity index (χ4v) is 6.73. The Morgan fingerprint density at radius 2 is 1.73 bits per heavy atom. The molecule has 1 heterocycles. The summed E-state index contributed by atoms with van der Waals surface area (Å²) in [4.78, 5) is 33.8. The van der Waals surface area contributed by atoms with Gasteiger partial charge in [-0.2, -0.15) is 23.4 Å². The number of azo groups is 1. The lowest BCUT2D eigenvalue weighted by atomic mass is 10.1. The van der Waals surface area contributed by atoms with Crippen LogP contribution in [0.2, 0.25) is 5.28 Å². The van der Waals surface area contributed by atoms with Gasteiger partial charge in [-0.25, -0.2) is 10.5 Å². The van der Waals surface area contributed by atoms with E-state index in [0.29, 0.717) is 40.7 Å². The first-order chi connectivity index (χ1) is 24.3. The first kappa shape index (κ1) is 42.6. The number of nitrogens with one attached hydrogen (secondary N) is 1. The van der Waals surface area contributed by atoms with Crippen molar-refractivity contribution in [3.05, 3.63) is 41.7 Å². The highest BCUT2D eigenvalue weighted by atomic mass is 35.5. The van der Waals surface area contributed by atoms with Crippen LogP contribution in [0.5, 0.6) is 11.5 Å². The number of benzene rings is 3. The zero-order valence-electron chi connectivity index (χ0n) is 25.4. The second-order valence-corrected chi connectivity index (χ2v) is 13.7. The number of nitrogens with zero attached hydrogens (tertiary/aromatic N) is 5. The van der Waals surface area contributed by atoms with Crippen molar-refractivity contribution in [1.82, 2.24) is 15.0 Å². The Hall–Kier alpha value is -3.81. The van der Waals surface area contributed by atoms with E-state index in [4.69, 9.17) is 36.1 Å². The number of hydrogen-bond acceptors (Lipinski definition) is 23. The monoisotopic (exact) mass is 844 g/mol. The van der Waals surface area contributed by atoms with Crippen molar-refractivity contribution < 1.29 is 76.4 Å². The number of carbonyl (C=O) groups excluding carboxylic acids is 1. The highest BCUT2D eigenvalue weighted by Gasteiger charge is 2.25. The smallest absolute Gasteiger partial charge is 0.330 e. The molecule has 0 atom stereocenters. The van der Waals surface area contributed by atoms with Crippen molar-refractivity contribution in [3.63, 3.8) is 0 Å². The molecule has 0 amide bonds. The molecular formula is C24H21ClN6O16S5. The number of rotatable bonds is 18. The number of hydrogen-bond donors (Lipinski definition) is 6. The van der Waals surface area contributed by atoms with Gasteiger partial charge in [-0.05, 0) is 48.0 Å². The molecule has 0 aliphatic carbocycles. The van der Waals surface area contributed by atoms with Gasteiger partial charge in [0, 0.05) is 22.8 Å². The molecule has 0 bridgehead atoms. The number of thioether (sulfide) groups is 1. The largest absolute Gasteiger partial charge is 0.505 e. The number of anilines is 2. The van der Waals surface area contributed by atoms with Gasteiger partial charge in [0.2, 0.25) is 11.2 Å². The highest BCUT2D eigenvalue weighted by Crippen LogP contribution is 2.47. The van der Waals surface area contributed by atoms with Crippen LogP contribution in [0.3, 0.4) is 0 Å². The SMILES string of the molecule is COc1cc(SOC(=O)CSOOO)ccc1N=Nc1c(SOOO)cc2c(S(=O)(=O)O)c(Nc3nc(Cl)nc(SCC(=O)O)n3)ccc2c1O.O. The number of fused-ring (bicyclic) bond motifs is 1. The van der Waals surface area contributed by atoms with E-state index in [1.165, 1.54) is 31.4 Å². The minimum Gasteiger partial charge on any atom is -0.505 e. The molecule has 52 heavy (non-hydrogen) atoms. The average molecular weight is 845 g/mol.